The van der Waals surface area contributed by atoms with E-state index in [4.69, 9.17) is 9.47 Å². The Morgan fingerprint density at radius 1 is 0.953 bits per heavy atom. The number of benzene rings is 3. The topological polar surface area (TPSA) is 59.1 Å². The molecule has 6 heteroatoms. The molecule has 43 heavy (non-hydrogen) atoms. The molecule has 2 amide bonds. The third-order valence-corrected chi connectivity index (χ3v) is 8.25. The first-order chi connectivity index (χ1) is 20.6. The van der Waals surface area contributed by atoms with Gasteiger partial charge in [0.2, 0.25) is 0 Å². The molecular formula is C37H44N2O4. The molecule has 3 aromatic rings. The van der Waals surface area contributed by atoms with Crippen molar-refractivity contribution in [2.24, 2.45) is 0 Å². The number of carbonyl (C=O) groups excluding carboxylic acids is 2. The molecule has 0 aromatic heterocycles. The summed E-state index contributed by atoms with van der Waals surface area (Å²) in [5.41, 5.74) is 6.82. The summed E-state index contributed by atoms with van der Waals surface area (Å²) in [6.45, 7) is 11.7. The smallest absolute Gasteiger partial charge is 0.410 e. The average Bonchev–Trinajstić information content (AvgIpc) is 3.83. The van der Waals surface area contributed by atoms with E-state index in [-0.39, 0.29) is 24.6 Å². The summed E-state index contributed by atoms with van der Waals surface area (Å²) >= 11 is 0. The molecule has 1 aliphatic carbocycles. The van der Waals surface area contributed by atoms with Crippen LogP contribution in [-0.2, 0) is 22.5 Å². The Hall–Kier alpha value is -4.06. The molecule has 0 unspecified atom stereocenters. The Kier molecular flexibility index (Phi) is 9.24. The Morgan fingerprint density at radius 3 is 2.42 bits per heavy atom. The van der Waals surface area contributed by atoms with Crippen LogP contribution >= 0.6 is 0 Å². The highest BCUT2D eigenvalue weighted by molar-refractivity contribution is 6.03. The lowest BCUT2D eigenvalue weighted by Crippen LogP contribution is -2.44. The first-order valence-corrected chi connectivity index (χ1v) is 15.4. The second-order valence-corrected chi connectivity index (χ2v) is 12.7. The van der Waals surface area contributed by atoms with Crippen molar-refractivity contribution in [1.29, 1.82) is 0 Å². The summed E-state index contributed by atoms with van der Waals surface area (Å²) in [5.74, 6) is 0.777. The molecule has 6 nitrogen and oxygen atoms in total. The molecule has 0 saturated heterocycles. The van der Waals surface area contributed by atoms with E-state index >= 15 is 0 Å². The van der Waals surface area contributed by atoms with Crippen LogP contribution in [0.4, 0.5) is 4.79 Å². The molecule has 2 aliphatic rings. The van der Waals surface area contributed by atoms with Crippen LogP contribution < -0.4 is 4.74 Å². The SMILES string of the molecule is Cc1cccc(CN(C(=O)C2=C(c3cccc(OCCc4ccccc4)c3)CCN(C(=O)OC(C)(C)C)C2)C2CC2)c1C. The van der Waals surface area contributed by atoms with Gasteiger partial charge in [0.25, 0.3) is 5.91 Å². The molecule has 226 valence electrons. The lowest BCUT2D eigenvalue weighted by molar-refractivity contribution is -0.128. The van der Waals surface area contributed by atoms with Crippen LogP contribution in [0.5, 0.6) is 5.75 Å². The number of carbonyl (C=O) groups is 2. The van der Waals surface area contributed by atoms with Crippen molar-refractivity contribution in [3.05, 3.63) is 106 Å². The molecule has 1 heterocycles. The van der Waals surface area contributed by atoms with Gasteiger partial charge in [0.1, 0.15) is 11.4 Å². The van der Waals surface area contributed by atoms with Crippen LogP contribution in [0.1, 0.15) is 67.9 Å². The molecule has 5 rings (SSSR count). The first-order valence-electron chi connectivity index (χ1n) is 15.4. The molecule has 0 atom stereocenters. The van der Waals surface area contributed by atoms with Gasteiger partial charge in [-0.1, -0.05) is 60.7 Å². The van der Waals surface area contributed by atoms with Gasteiger partial charge in [0.05, 0.1) is 13.2 Å². The number of aryl methyl sites for hydroxylation is 1. The maximum absolute atomic E-state index is 14.5. The lowest BCUT2D eigenvalue weighted by Gasteiger charge is -2.34. The fraction of sp³-hybridized carbons (Fsp3) is 0.405. The Bertz CT molecular complexity index is 1480. The quantitative estimate of drug-likeness (QED) is 0.263. The van der Waals surface area contributed by atoms with Gasteiger partial charge in [-0.2, -0.15) is 0 Å². The van der Waals surface area contributed by atoms with Crippen LogP contribution in [0.3, 0.4) is 0 Å². The van der Waals surface area contributed by atoms with E-state index in [0.717, 1.165) is 41.7 Å². The number of ether oxygens (including phenoxy) is 2. The second-order valence-electron chi connectivity index (χ2n) is 12.7. The van der Waals surface area contributed by atoms with Crippen LogP contribution in [0.15, 0.2) is 78.4 Å². The van der Waals surface area contributed by atoms with Crippen molar-refractivity contribution in [2.45, 2.75) is 78.5 Å². The standard InChI is InChI=1S/C37H44N2O4/c1-26-11-9-15-30(27(26)2)24-39(31-17-18-31)35(40)34-25-38(36(41)43-37(3,4)5)21-19-33(34)29-14-10-16-32(23-29)42-22-20-28-12-7-6-8-13-28/h6-16,23,31H,17-22,24-25H2,1-5H3. The van der Waals surface area contributed by atoms with E-state index in [1.165, 1.54) is 16.7 Å². The van der Waals surface area contributed by atoms with Crippen molar-refractivity contribution >= 4 is 17.6 Å². The highest BCUT2D eigenvalue weighted by Gasteiger charge is 2.38. The summed E-state index contributed by atoms with van der Waals surface area (Å²) in [7, 11) is 0. The number of nitrogens with zero attached hydrogens (tertiary/aromatic N) is 2. The average molecular weight is 581 g/mol. The minimum absolute atomic E-state index is 0.00191. The van der Waals surface area contributed by atoms with Crippen LogP contribution in [0, 0.1) is 13.8 Å². The zero-order valence-corrected chi connectivity index (χ0v) is 26.2. The maximum atomic E-state index is 14.5. The summed E-state index contributed by atoms with van der Waals surface area (Å²) in [4.78, 5) is 31.3. The van der Waals surface area contributed by atoms with Crippen LogP contribution in [0.25, 0.3) is 5.57 Å². The van der Waals surface area contributed by atoms with Crippen molar-refractivity contribution in [1.82, 2.24) is 9.80 Å². The normalized spacial score (nSPS) is 15.3. The third-order valence-electron chi connectivity index (χ3n) is 8.25. The van der Waals surface area contributed by atoms with Gasteiger partial charge in [0.15, 0.2) is 0 Å². The monoisotopic (exact) mass is 580 g/mol. The molecule has 1 aliphatic heterocycles. The number of hydrogen-bond donors (Lipinski definition) is 0. The Morgan fingerprint density at radius 2 is 1.70 bits per heavy atom. The zero-order valence-electron chi connectivity index (χ0n) is 26.2. The van der Waals surface area contributed by atoms with E-state index in [9.17, 15) is 9.59 Å². The molecule has 0 bridgehead atoms. The van der Waals surface area contributed by atoms with E-state index in [1.54, 1.807) is 4.90 Å². The third kappa shape index (κ3) is 7.86. The molecule has 3 aromatic carbocycles. The number of hydrogen-bond acceptors (Lipinski definition) is 4. The maximum Gasteiger partial charge on any atom is 0.410 e. The lowest BCUT2D eigenvalue weighted by atomic mass is 9.92. The number of amides is 2. The molecule has 0 radical (unpaired) electrons. The summed E-state index contributed by atoms with van der Waals surface area (Å²) in [6, 6.07) is 24.8. The van der Waals surface area contributed by atoms with Gasteiger partial charge < -0.3 is 19.3 Å². The van der Waals surface area contributed by atoms with Gasteiger partial charge in [-0.3, -0.25) is 4.79 Å². The van der Waals surface area contributed by atoms with Gasteiger partial charge in [0, 0.05) is 31.1 Å². The molecular weight excluding hydrogens is 536 g/mol. The minimum atomic E-state index is -0.612. The fourth-order valence-corrected chi connectivity index (χ4v) is 5.56. The Balaban J connectivity index is 1.44. The minimum Gasteiger partial charge on any atom is -0.493 e. The van der Waals surface area contributed by atoms with Crippen molar-refractivity contribution in [3.63, 3.8) is 0 Å². The Labute approximate surface area is 256 Å². The number of rotatable bonds is 9. The van der Waals surface area contributed by atoms with Crippen LogP contribution in [0.2, 0.25) is 0 Å². The first kappa shape index (κ1) is 30.4. The highest BCUT2D eigenvalue weighted by atomic mass is 16.6. The van der Waals surface area contributed by atoms with E-state index in [0.29, 0.717) is 31.7 Å². The van der Waals surface area contributed by atoms with Crippen molar-refractivity contribution < 1.29 is 19.1 Å². The fourth-order valence-electron chi connectivity index (χ4n) is 5.56. The van der Waals surface area contributed by atoms with E-state index in [2.05, 4.69) is 44.2 Å². The summed E-state index contributed by atoms with van der Waals surface area (Å²) in [5, 5.41) is 0. The molecule has 0 N–H and O–H groups in total. The summed E-state index contributed by atoms with van der Waals surface area (Å²) in [6.07, 6.45) is 2.99. The van der Waals surface area contributed by atoms with Crippen molar-refractivity contribution in [2.75, 3.05) is 19.7 Å². The van der Waals surface area contributed by atoms with Crippen LogP contribution in [-0.4, -0.2) is 53.1 Å². The van der Waals surface area contributed by atoms with Gasteiger partial charge >= 0.3 is 6.09 Å². The van der Waals surface area contributed by atoms with Crippen molar-refractivity contribution in [3.8, 4) is 5.75 Å². The molecule has 0 spiro atoms. The van der Waals surface area contributed by atoms with Gasteiger partial charge in [-0.25, -0.2) is 4.79 Å². The molecule has 1 fully saturated rings. The second kappa shape index (κ2) is 13.1. The van der Waals surface area contributed by atoms with E-state index in [1.807, 2.05) is 68.1 Å². The molecule has 1 saturated carbocycles. The largest absolute Gasteiger partial charge is 0.493 e. The zero-order chi connectivity index (χ0) is 30.6. The van der Waals surface area contributed by atoms with Gasteiger partial charge in [-0.15, -0.1) is 0 Å². The highest BCUT2D eigenvalue weighted by Crippen LogP contribution is 2.36. The van der Waals surface area contributed by atoms with Gasteiger partial charge in [-0.05, 0) is 99.4 Å². The summed E-state index contributed by atoms with van der Waals surface area (Å²) < 4.78 is 11.9. The predicted molar refractivity (Wildman–Crippen MR) is 171 cm³/mol. The van der Waals surface area contributed by atoms with E-state index < -0.39 is 5.60 Å². The predicted octanol–water partition coefficient (Wildman–Crippen LogP) is 7.51.